The van der Waals surface area contributed by atoms with Gasteiger partial charge in [0.15, 0.2) is 9.84 Å². The first-order valence-corrected chi connectivity index (χ1v) is 16.0. The smallest absolute Gasteiger partial charge is 0.282 e. The normalized spacial score (nSPS) is 19.9. The highest BCUT2D eigenvalue weighted by Crippen LogP contribution is 2.37. The zero-order valence-corrected chi connectivity index (χ0v) is 25.3. The average Bonchev–Trinajstić information content (AvgIpc) is 3.37. The van der Waals surface area contributed by atoms with E-state index in [0.29, 0.717) is 38.2 Å². The Morgan fingerprint density at radius 1 is 1.14 bits per heavy atom. The van der Waals surface area contributed by atoms with Crippen LogP contribution in [-0.4, -0.2) is 67.5 Å². The molecule has 0 radical (unpaired) electrons. The van der Waals surface area contributed by atoms with Crippen molar-refractivity contribution in [1.29, 1.82) is 5.26 Å². The first kappa shape index (κ1) is 30.8. The molecule has 13 heteroatoms. The zero-order chi connectivity index (χ0) is 30.8. The van der Waals surface area contributed by atoms with E-state index < -0.39 is 26.5 Å². The number of amides is 1. The number of benzene rings is 2. The Kier molecular flexibility index (Phi) is 8.68. The molecule has 3 heterocycles. The average molecular weight is 631 g/mol. The molecule has 6 rings (SSSR count). The monoisotopic (exact) mass is 630 g/mol. The summed E-state index contributed by atoms with van der Waals surface area (Å²) in [5, 5.41) is 14.8. The molecule has 3 aliphatic rings. The molecule has 3 fully saturated rings. The summed E-state index contributed by atoms with van der Waals surface area (Å²) in [6, 6.07) is 18.6. The molecule has 0 spiro atoms. The molecular formula is C30H33ClF2N6O3S. The van der Waals surface area contributed by atoms with Crippen LogP contribution < -0.4 is 15.1 Å². The van der Waals surface area contributed by atoms with E-state index in [-0.39, 0.29) is 23.0 Å². The van der Waals surface area contributed by atoms with Gasteiger partial charge in [0.05, 0.1) is 40.0 Å². The Bertz CT molecular complexity index is 1610. The fraction of sp³-hybridized carbons (Fsp3) is 0.433. The highest BCUT2D eigenvalue weighted by atomic mass is 35.5. The maximum absolute atomic E-state index is 13.4. The highest BCUT2D eigenvalue weighted by Gasteiger charge is 2.44. The second-order valence-electron chi connectivity index (χ2n) is 11.3. The number of rotatable bonds is 9. The molecule has 1 unspecified atom stereocenters. The van der Waals surface area contributed by atoms with E-state index in [1.54, 1.807) is 6.07 Å². The summed E-state index contributed by atoms with van der Waals surface area (Å²) in [5.41, 5.74) is 2.13. The van der Waals surface area contributed by atoms with Gasteiger partial charge in [-0.05, 0) is 56.4 Å². The molecule has 1 aliphatic carbocycles. The van der Waals surface area contributed by atoms with Crippen molar-refractivity contribution in [2.45, 2.75) is 60.8 Å². The Hall–Kier alpha value is -3.69. The van der Waals surface area contributed by atoms with Gasteiger partial charge >= 0.3 is 0 Å². The summed E-state index contributed by atoms with van der Waals surface area (Å²) in [7, 11) is -3.70. The predicted molar refractivity (Wildman–Crippen MR) is 160 cm³/mol. The SMILES string of the molecule is Cc1cc(N2CCC(S(=O)(=O)c3ccc(N4CC(F)(F)C4)cc3Cl)C2)n(CCc2ccccc2)n1.N#CC1(NC=O)CC1. The van der Waals surface area contributed by atoms with Crippen molar-refractivity contribution < 1.29 is 22.0 Å². The number of carbonyl (C=O) groups excluding carboxylic acids is 1. The Morgan fingerprint density at radius 3 is 2.44 bits per heavy atom. The number of nitrogens with zero attached hydrogens (tertiary/aromatic N) is 5. The molecule has 3 aromatic rings. The highest BCUT2D eigenvalue weighted by molar-refractivity contribution is 7.92. The van der Waals surface area contributed by atoms with E-state index in [1.807, 2.05) is 41.9 Å². The van der Waals surface area contributed by atoms with Crippen molar-refractivity contribution in [3.63, 3.8) is 0 Å². The Morgan fingerprint density at radius 2 is 1.86 bits per heavy atom. The van der Waals surface area contributed by atoms with Crippen molar-refractivity contribution in [3.8, 4) is 6.07 Å². The van der Waals surface area contributed by atoms with Gasteiger partial charge in [0, 0.05) is 31.4 Å². The molecular weight excluding hydrogens is 598 g/mol. The van der Waals surface area contributed by atoms with Gasteiger partial charge in [-0.3, -0.25) is 4.79 Å². The van der Waals surface area contributed by atoms with Gasteiger partial charge in [-0.15, -0.1) is 0 Å². The quantitative estimate of drug-likeness (QED) is 0.349. The number of nitriles is 1. The Balaban J connectivity index is 0.000000400. The van der Waals surface area contributed by atoms with Crippen molar-refractivity contribution >= 4 is 39.4 Å². The molecule has 9 nitrogen and oxygen atoms in total. The molecule has 0 bridgehead atoms. The topological polar surface area (TPSA) is 111 Å². The summed E-state index contributed by atoms with van der Waals surface area (Å²) in [6.45, 7) is 2.80. The lowest BCUT2D eigenvalue weighted by atomic mass is 10.1. The van der Waals surface area contributed by atoms with Crippen molar-refractivity contribution in [2.75, 3.05) is 36.0 Å². The number of hydrogen-bond acceptors (Lipinski definition) is 7. The molecule has 1 amide bonds. The molecule has 2 aromatic carbocycles. The van der Waals surface area contributed by atoms with Crippen LogP contribution in [0.5, 0.6) is 0 Å². The lowest BCUT2D eigenvalue weighted by Gasteiger charge is -2.40. The van der Waals surface area contributed by atoms with Crippen LogP contribution in [0.4, 0.5) is 20.3 Å². The second kappa shape index (κ2) is 12.1. The maximum atomic E-state index is 13.4. The van der Waals surface area contributed by atoms with Gasteiger partial charge in [-0.1, -0.05) is 41.9 Å². The van der Waals surface area contributed by atoms with Crippen LogP contribution in [0.25, 0.3) is 0 Å². The first-order valence-electron chi connectivity index (χ1n) is 14.1. The van der Waals surface area contributed by atoms with Gasteiger partial charge in [0.1, 0.15) is 11.4 Å². The van der Waals surface area contributed by atoms with Crippen LogP contribution in [0.2, 0.25) is 5.02 Å². The molecule has 228 valence electrons. The van der Waals surface area contributed by atoms with E-state index >= 15 is 0 Å². The van der Waals surface area contributed by atoms with Crippen molar-refractivity contribution in [3.05, 3.63) is 70.9 Å². The number of aryl methyl sites for hydroxylation is 3. The molecule has 2 aliphatic heterocycles. The van der Waals surface area contributed by atoms with E-state index in [4.69, 9.17) is 16.9 Å². The largest absolute Gasteiger partial charge is 0.359 e. The minimum atomic E-state index is -3.70. The number of alkyl halides is 2. The number of carbonyl (C=O) groups is 1. The van der Waals surface area contributed by atoms with Crippen LogP contribution in [0, 0.1) is 18.3 Å². The van der Waals surface area contributed by atoms with Crippen LogP contribution >= 0.6 is 11.6 Å². The fourth-order valence-electron chi connectivity index (χ4n) is 5.34. The third-order valence-electron chi connectivity index (χ3n) is 7.97. The molecule has 1 atom stereocenters. The number of nitrogens with one attached hydrogen (secondary N) is 1. The molecule has 2 saturated heterocycles. The minimum Gasteiger partial charge on any atom is -0.359 e. The number of hydrogen-bond donors (Lipinski definition) is 1. The summed E-state index contributed by atoms with van der Waals surface area (Å²) < 4.78 is 55.2. The molecule has 43 heavy (non-hydrogen) atoms. The second-order valence-corrected chi connectivity index (χ2v) is 13.9. The molecule has 1 saturated carbocycles. The first-order chi connectivity index (χ1) is 20.4. The lowest BCUT2D eigenvalue weighted by Crippen LogP contribution is -2.56. The van der Waals surface area contributed by atoms with Gasteiger partial charge in [0.2, 0.25) is 6.41 Å². The lowest BCUT2D eigenvalue weighted by molar-refractivity contribution is -0.110. The zero-order valence-electron chi connectivity index (χ0n) is 23.7. The van der Waals surface area contributed by atoms with Crippen LogP contribution in [0.3, 0.4) is 0 Å². The number of anilines is 2. The minimum absolute atomic E-state index is 0.0517. The molecule has 1 aromatic heterocycles. The van der Waals surface area contributed by atoms with E-state index in [1.165, 1.54) is 22.6 Å². The van der Waals surface area contributed by atoms with Crippen molar-refractivity contribution in [2.24, 2.45) is 0 Å². The van der Waals surface area contributed by atoms with E-state index in [0.717, 1.165) is 30.8 Å². The van der Waals surface area contributed by atoms with Crippen LogP contribution in [0.1, 0.15) is 30.5 Å². The van der Waals surface area contributed by atoms with Gasteiger partial charge in [-0.2, -0.15) is 10.4 Å². The summed E-state index contributed by atoms with van der Waals surface area (Å²) in [6.07, 6.45) is 3.50. The predicted octanol–water partition coefficient (Wildman–Crippen LogP) is 4.38. The number of aromatic nitrogens is 2. The third kappa shape index (κ3) is 6.94. The van der Waals surface area contributed by atoms with Gasteiger partial charge in [0.25, 0.3) is 5.92 Å². The van der Waals surface area contributed by atoms with Gasteiger partial charge in [-0.25, -0.2) is 21.9 Å². The van der Waals surface area contributed by atoms with E-state index in [2.05, 4.69) is 27.4 Å². The fourth-order valence-corrected chi connectivity index (χ4v) is 7.57. The van der Waals surface area contributed by atoms with Crippen LogP contribution in [-0.2, 0) is 27.6 Å². The third-order valence-corrected chi connectivity index (χ3v) is 10.6. The summed E-state index contributed by atoms with van der Waals surface area (Å²) in [5.74, 6) is -1.80. The van der Waals surface area contributed by atoms with E-state index in [9.17, 15) is 22.0 Å². The number of halogens is 3. The number of sulfone groups is 1. The molecule has 1 N–H and O–H groups in total. The summed E-state index contributed by atoms with van der Waals surface area (Å²) in [4.78, 5) is 13.4. The van der Waals surface area contributed by atoms with Gasteiger partial charge < -0.3 is 15.1 Å². The summed E-state index contributed by atoms with van der Waals surface area (Å²) >= 11 is 6.35. The Labute approximate surface area is 254 Å². The maximum Gasteiger partial charge on any atom is 0.282 e. The van der Waals surface area contributed by atoms with Crippen molar-refractivity contribution in [1.82, 2.24) is 15.1 Å². The standard InChI is InChI=1S/C25H27ClF2N4O2S.C5H6N2O/c1-18-13-24(32(29-18)12-9-19-5-3-2-4-6-19)30-11-10-21(15-30)35(33,34)23-8-7-20(14-22(23)26)31-16-25(27,28)17-31;6-3-5(1-2-5)7-4-8/h2-8,13-14,21H,9-12,15-17H2,1H3;4H,1-2H2,(H,7,8). The van der Waals surface area contributed by atoms with Crippen LogP contribution in [0.15, 0.2) is 59.5 Å².